The molecule has 2 N–H and O–H groups in total. The molecule has 2 rings (SSSR count). The van der Waals surface area contributed by atoms with Crippen molar-refractivity contribution < 1.29 is 4.79 Å². The smallest absolute Gasteiger partial charge is 0.282 e. The number of nitrogens with zero attached hydrogens (tertiary/aromatic N) is 2. The molecule has 2 aromatic rings. The van der Waals surface area contributed by atoms with Crippen LogP contribution in [0.3, 0.4) is 0 Å². The van der Waals surface area contributed by atoms with Crippen molar-refractivity contribution >= 4 is 22.4 Å². The number of rotatable bonds is 6. The predicted molar refractivity (Wildman–Crippen MR) is 81.1 cm³/mol. The van der Waals surface area contributed by atoms with Crippen molar-refractivity contribution in [2.75, 3.05) is 11.9 Å². The van der Waals surface area contributed by atoms with Gasteiger partial charge in [-0.15, -0.1) is 10.2 Å². The van der Waals surface area contributed by atoms with Gasteiger partial charge in [-0.05, 0) is 24.5 Å². The second kappa shape index (κ2) is 7.00. The fourth-order valence-electron chi connectivity index (χ4n) is 1.86. The van der Waals surface area contributed by atoms with Crippen molar-refractivity contribution in [2.24, 2.45) is 0 Å². The fraction of sp³-hybridized carbons (Fsp3) is 0.357. The molecule has 5 nitrogen and oxygen atoms in total. The topological polar surface area (TPSA) is 66.9 Å². The molecular weight excluding hydrogens is 272 g/mol. The Morgan fingerprint density at radius 1 is 1.20 bits per heavy atom. The standard InChI is InChI=1S/C14H18N4OS/c1-3-10-7-5-6-8-11(10)9-16-12(19)13-17-18-14(20-13)15-4-2/h5-8H,3-4,9H2,1-2H3,(H,15,18)(H,16,19). The Morgan fingerprint density at radius 2 is 1.95 bits per heavy atom. The molecule has 1 aromatic heterocycles. The summed E-state index contributed by atoms with van der Waals surface area (Å²) >= 11 is 1.27. The number of carbonyl (C=O) groups excluding carboxylic acids is 1. The highest BCUT2D eigenvalue weighted by molar-refractivity contribution is 7.17. The summed E-state index contributed by atoms with van der Waals surface area (Å²) in [6.45, 7) is 5.36. The maximum Gasteiger partial charge on any atom is 0.282 e. The second-order valence-electron chi connectivity index (χ2n) is 4.25. The molecule has 0 bridgehead atoms. The Morgan fingerprint density at radius 3 is 2.65 bits per heavy atom. The number of anilines is 1. The van der Waals surface area contributed by atoms with E-state index < -0.39 is 0 Å². The molecule has 0 saturated carbocycles. The van der Waals surface area contributed by atoms with Crippen LogP contribution in [-0.2, 0) is 13.0 Å². The molecule has 0 radical (unpaired) electrons. The van der Waals surface area contributed by atoms with Gasteiger partial charge in [0.05, 0.1) is 0 Å². The van der Waals surface area contributed by atoms with Gasteiger partial charge in [0.1, 0.15) is 0 Å². The number of benzene rings is 1. The van der Waals surface area contributed by atoms with E-state index in [1.54, 1.807) is 0 Å². The minimum absolute atomic E-state index is 0.183. The van der Waals surface area contributed by atoms with Crippen molar-refractivity contribution in [1.82, 2.24) is 15.5 Å². The van der Waals surface area contributed by atoms with Crippen LogP contribution in [0.15, 0.2) is 24.3 Å². The van der Waals surface area contributed by atoms with E-state index in [2.05, 4.69) is 33.8 Å². The first-order valence-corrected chi connectivity index (χ1v) is 7.48. The molecule has 0 fully saturated rings. The van der Waals surface area contributed by atoms with Gasteiger partial charge in [0.25, 0.3) is 5.91 Å². The third-order valence-electron chi connectivity index (χ3n) is 2.89. The van der Waals surface area contributed by atoms with Crippen LogP contribution in [-0.4, -0.2) is 22.6 Å². The summed E-state index contributed by atoms with van der Waals surface area (Å²) in [6.07, 6.45) is 0.954. The van der Waals surface area contributed by atoms with Crippen LogP contribution >= 0.6 is 11.3 Å². The molecule has 0 aliphatic carbocycles. The minimum Gasteiger partial charge on any atom is -0.360 e. The zero-order valence-corrected chi connectivity index (χ0v) is 12.5. The van der Waals surface area contributed by atoms with Crippen LogP contribution in [0.2, 0.25) is 0 Å². The first-order valence-electron chi connectivity index (χ1n) is 6.67. The van der Waals surface area contributed by atoms with Gasteiger partial charge >= 0.3 is 0 Å². The number of hydrogen-bond acceptors (Lipinski definition) is 5. The van der Waals surface area contributed by atoms with E-state index in [9.17, 15) is 4.79 Å². The van der Waals surface area contributed by atoms with E-state index in [4.69, 9.17) is 0 Å². The average molecular weight is 290 g/mol. The lowest BCUT2D eigenvalue weighted by Crippen LogP contribution is -2.23. The summed E-state index contributed by atoms with van der Waals surface area (Å²) in [5, 5.41) is 14.8. The number of carbonyl (C=O) groups is 1. The van der Waals surface area contributed by atoms with Crippen molar-refractivity contribution in [3.63, 3.8) is 0 Å². The fourth-order valence-corrected chi connectivity index (χ4v) is 2.59. The summed E-state index contributed by atoms with van der Waals surface area (Å²) in [7, 11) is 0. The van der Waals surface area contributed by atoms with E-state index >= 15 is 0 Å². The molecule has 0 spiro atoms. The van der Waals surface area contributed by atoms with E-state index in [-0.39, 0.29) is 5.91 Å². The van der Waals surface area contributed by atoms with Crippen LogP contribution in [0.4, 0.5) is 5.13 Å². The first-order chi connectivity index (χ1) is 9.74. The molecule has 1 aromatic carbocycles. The molecule has 0 aliphatic rings. The van der Waals surface area contributed by atoms with Crippen molar-refractivity contribution in [2.45, 2.75) is 26.8 Å². The molecule has 106 valence electrons. The largest absolute Gasteiger partial charge is 0.360 e. The number of nitrogens with one attached hydrogen (secondary N) is 2. The Hall–Kier alpha value is -1.95. The van der Waals surface area contributed by atoms with Crippen LogP contribution in [0.5, 0.6) is 0 Å². The third-order valence-corrected chi connectivity index (χ3v) is 3.77. The highest BCUT2D eigenvalue weighted by atomic mass is 32.1. The summed E-state index contributed by atoms with van der Waals surface area (Å²) < 4.78 is 0. The SMILES string of the molecule is CCNc1nnc(C(=O)NCc2ccccc2CC)s1. The Kier molecular flexibility index (Phi) is 5.06. The molecule has 6 heteroatoms. The number of amides is 1. The molecule has 0 atom stereocenters. The first kappa shape index (κ1) is 14.5. The number of hydrogen-bond donors (Lipinski definition) is 2. The molecule has 20 heavy (non-hydrogen) atoms. The molecular formula is C14H18N4OS. The van der Waals surface area contributed by atoms with E-state index in [1.165, 1.54) is 16.9 Å². The summed E-state index contributed by atoms with van der Waals surface area (Å²) in [4.78, 5) is 12.0. The van der Waals surface area contributed by atoms with Crippen molar-refractivity contribution in [3.05, 3.63) is 40.4 Å². The van der Waals surface area contributed by atoms with Gasteiger partial charge in [0.2, 0.25) is 10.1 Å². The van der Waals surface area contributed by atoms with Gasteiger partial charge in [-0.3, -0.25) is 4.79 Å². The Labute approximate surface area is 122 Å². The molecule has 0 aliphatic heterocycles. The van der Waals surface area contributed by atoms with Gasteiger partial charge in [0.15, 0.2) is 0 Å². The zero-order chi connectivity index (χ0) is 14.4. The van der Waals surface area contributed by atoms with E-state index in [0.29, 0.717) is 16.7 Å². The molecule has 1 amide bonds. The van der Waals surface area contributed by atoms with Gasteiger partial charge in [-0.1, -0.05) is 42.5 Å². The van der Waals surface area contributed by atoms with Crippen molar-refractivity contribution in [1.29, 1.82) is 0 Å². The molecule has 1 heterocycles. The third kappa shape index (κ3) is 3.54. The van der Waals surface area contributed by atoms with Crippen LogP contribution in [0, 0.1) is 0 Å². The molecule has 0 saturated heterocycles. The summed E-state index contributed by atoms with van der Waals surface area (Å²) in [5.41, 5.74) is 2.39. The maximum atomic E-state index is 12.0. The highest BCUT2D eigenvalue weighted by Gasteiger charge is 2.12. The van der Waals surface area contributed by atoms with Gasteiger partial charge in [-0.25, -0.2) is 0 Å². The average Bonchev–Trinajstić information content (AvgIpc) is 2.94. The number of aromatic nitrogens is 2. The lowest BCUT2D eigenvalue weighted by Gasteiger charge is -2.07. The summed E-state index contributed by atoms with van der Waals surface area (Å²) in [6, 6.07) is 8.10. The number of aryl methyl sites for hydroxylation is 1. The van der Waals surface area contributed by atoms with Gasteiger partial charge in [-0.2, -0.15) is 0 Å². The Bertz CT molecular complexity index is 582. The van der Waals surface area contributed by atoms with Crippen LogP contribution in [0.25, 0.3) is 0 Å². The minimum atomic E-state index is -0.183. The summed E-state index contributed by atoms with van der Waals surface area (Å²) in [5.74, 6) is -0.183. The second-order valence-corrected chi connectivity index (χ2v) is 5.23. The van der Waals surface area contributed by atoms with Gasteiger partial charge in [0, 0.05) is 13.1 Å². The van der Waals surface area contributed by atoms with Gasteiger partial charge < -0.3 is 10.6 Å². The predicted octanol–water partition coefficient (Wildman–Crippen LogP) is 2.46. The van der Waals surface area contributed by atoms with Crippen LogP contribution in [0.1, 0.15) is 34.8 Å². The lowest BCUT2D eigenvalue weighted by atomic mass is 10.1. The normalized spacial score (nSPS) is 10.3. The Balaban J connectivity index is 1.97. The maximum absolute atomic E-state index is 12.0. The van der Waals surface area contributed by atoms with E-state index in [1.807, 2.05) is 25.1 Å². The highest BCUT2D eigenvalue weighted by Crippen LogP contribution is 2.15. The van der Waals surface area contributed by atoms with Crippen LogP contribution < -0.4 is 10.6 Å². The zero-order valence-electron chi connectivity index (χ0n) is 11.6. The quantitative estimate of drug-likeness (QED) is 0.857. The monoisotopic (exact) mass is 290 g/mol. The lowest BCUT2D eigenvalue weighted by molar-refractivity contribution is 0.0949. The van der Waals surface area contributed by atoms with E-state index in [0.717, 1.165) is 18.5 Å². The molecule has 0 unspecified atom stereocenters. The van der Waals surface area contributed by atoms with Crippen molar-refractivity contribution in [3.8, 4) is 0 Å².